The lowest BCUT2D eigenvalue weighted by Crippen LogP contribution is -2.61. The van der Waals surface area contributed by atoms with Crippen molar-refractivity contribution in [2.24, 2.45) is 0 Å². The average molecular weight is 343 g/mol. The molecule has 0 amide bonds. The second-order valence-corrected chi connectivity index (χ2v) is 6.75. The predicted molar refractivity (Wildman–Crippen MR) is 91.7 cm³/mol. The van der Waals surface area contributed by atoms with E-state index in [2.05, 4.69) is 21.7 Å². The Bertz CT molecular complexity index is 492. The van der Waals surface area contributed by atoms with Crippen molar-refractivity contribution in [3.05, 3.63) is 36.0 Å². The summed E-state index contributed by atoms with van der Waals surface area (Å²) in [5.74, 6) is 0. The Morgan fingerprint density at radius 1 is 1.29 bits per heavy atom. The highest BCUT2D eigenvalue weighted by Crippen LogP contribution is 2.27. The molecule has 1 aliphatic carbocycles. The summed E-state index contributed by atoms with van der Waals surface area (Å²) in [5.41, 5.74) is 0.215. The number of hydrogen-bond donors (Lipinski definition) is 1. The Morgan fingerprint density at radius 2 is 2.00 bits per heavy atom. The van der Waals surface area contributed by atoms with Crippen LogP contribution in [0.4, 0.5) is 13.2 Å². The van der Waals surface area contributed by atoms with Crippen molar-refractivity contribution in [2.45, 2.75) is 44.6 Å². The van der Waals surface area contributed by atoms with Gasteiger partial charge in [0.1, 0.15) is 0 Å². The number of hydrogen-bond acceptors (Lipinski definition) is 3. The smallest absolute Gasteiger partial charge is 0.304 e. The molecule has 1 N–H and O–H groups in total. The second-order valence-electron chi connectivity index (χ2n) is 6.75. The topological polar surface area (TPSA) is 18.5 Å². The van der Waals surface area contributed by atoms with Crippen molar-refractivity contribution < 1.29 is 13.2 Å². The van der Waals surface area contributed by atoms with Gasteiger partial charge in [-0.3, -0.25) is 9.80 Å². The SMILES string of the molecule is C=C(/C=C\C=C(/C)CN1CCN(C2CCC2)CC1NC)C(F)(F)F. The molecule has 0 radical (unpaired) electrons. The number of likely N-dealkylation sites (N-methyl/N-ethyl adjacent to an activating group) is 1. The summed E-state index contributed by atoms with van der Waals surface area (Å²) in [4.78, 5) is 4.92. The van der Waals surface area contributed by atoms with Gasteiger partial charge in [0, 0.05) is 37.8 Å². The lowest BCUT2D eigenvalue weighted by atomic mass is 9.91. The molecule has 6 heteroatoms. The molecule has 0 spiro atoms. The Kier molecular flexibility index (Phi) is 6.66. The molecule has 136 valence electrons. The van der Waals surface area contributed by atoms with E-state index in [4.69, 9.17) is 0 Å². The van der Waals surface area contributed by atoms with Crippen molar-refractivity contribution in [3.63, 3.8) is 0 Å². The largest absolute Gasteiger partial charge is 0.415 e. The van der Waals surface area contributed by atoms with E-state index in [0.29, 0.717) is 0 Å². The van der Waals surface area contributed by atoms with Crippen molar-refractivity contribution in [3.8, 4) is 0 Å². The first-order valence-corrected chi connectivity index (χ1v) is 8.56. The van der Waals surface area contributed by atoms with Gasteiger partial charge >= 0.3 is 6.18 Å². The summed E-state index contributed by atoms with van der Waals surface area (Å²) in [7, 11) is 1.97. The summed E-state index contributed by atoms with van der Waals surface area (Å²) in [6, 6.07) is 0.746. The maximum atomic E-state index is 12.4. The third-order valence-corrected chi connectivity index (χ3v) is 4.94. The van der Waals surface area contributed by atoms with Crippen molar-refractivity contribution >= 4 is 0 Å². The van der Waals surface area contributed by atoms with Gasteiger partial charge in [-0.25, -0.2) is 0 Å². The standard InChI is InChI=1S/C18H28F3N3/c1-14(6-4-7-15(2)18(19,20)21)12-24-11-10-23(13-17(24)22-3)16-8-5-9-16/h4,6-7,16-17,22H,2,5,8-13H2,1,3H3/b7-4-,14-6+. The first-order valence-electron chi connectivity index (χ1n) is 8.56. The summed E-state index contributed by atoms with van der Waals surface area (Å²) in [5, 5.41) is 3.36. The molecule has 0 aromatic rings. The van der Waals surface area contributed by atoms with Gasteiger partial charge in [-0.2, -0.15) is 13.2 Å². The third kappa shape index (κ3) is 5.19. The number of halogens is 3. The zero-order valence-corrected chi connectivity index (χ0v) is 14.6. The molecule has 1 unspecified atom stereocenters. The quantitative estimate of drug-likeness (QED) is 0.747. The first kappa shape index (κ1) is 19.2. The van der Waals surface area contributed by atoms with E-state index in [1.807, 2.05) is 14.0 Å². The third-order valence-electron chi connectivity index (χ3n) is 4.94. The lowest BCUT2D eigenvalue weighted by Gasteiger charge is -2.47. The van der Waals surface area contributed by atoms with Gasteiger partial charge < -0.3 is 5.32 Å². The van der Waals surface area contributed by atoms with Crippen molar-refractivity contribution in [2.75, 3.05) is 33.2 Å². The summed E-state index contributed by atoms with van der Waals surface area (Å²) >= 11 is 0. The lowest BCUT2D eigenvalue weighted by molar-refractivity contribution is -0.0878. The van der Waals surface area contributed by atoms with Crippen LogP contribution < -0.4 is 5.32 Å². The Morgan fingerprint density at radius 3 is 2.54 bits per heavy atom. The minimum atomic E-state index is -4.35. The van der Waals surface area contributed by atoms with Crippen LogP contribution in [0.5, 0.6) is 0 Å². The number of nitrogens with zero attached hydrogens (tertiary/aromatic N) is 2. The van der Waals surface area contributed by atoms with Crippen LogP contribution in [-0.2, 0) is 0 Å². The van der Waals surface area contributed by atoms with Crippen LogP contribution in [0.3, 0.4) is 0 Å². The minimum Gasteiger partial charge on any atom is -0.304 e. The number of allylic oxidation sites excluding steroid dienone is 4. The van der Waals surface area contributed by atoms with Gasteiger partial charge in [0.15, 0.2) is 0 Å². The van der Waals surface area contributed by atoms with Gasteiger partial charge in [-0.15, -0.1) is 0 Å². The highest BCUT2D eigenvalue weighted by molar-refractivity contribution is 5.25. The van der Waals surface area contributed by atoms with E-state index in [1.54, 1.807) is 6.08 Å². The molecule has 1 atom stereocenters. The molecule has 24 heavy (non-hydrogen) atoms. The molecule has 1 saturated heterocycles. The Hall–Kier alpha value is -1.11. The molecule has 2 rings (SSSR count). The molecule has 2 fully saturated rings. The van der Waals surface area contributed by atoms with Crippen LogP contribution in [0, 0.1) is 0 Å². The van der Waals surface area contributed by atoms with Crippen LogP contribution in [0.1, 0.15) is 26.2 Å². The summed E-state index contributed by atoms with van der Waals surface area (Å²) in [6.07, 6.45) is 4.09. The maximum absolute atomic E-state index is 12.4. The average Bonchev–Trinajstić information content (AvgIpc) is 2.45. The van der Waals surface area contributed by atoms with E-state index in [1.165, 1.54) is 25.3 Å². The molecule has 3 nitrogen and oxygen atoms in total. The van der Waals surface area contributed by atoms with Gasteiger partial charge in [-0.05, 0) is 26.8 Å². The minimum absolute atomic E-state index is 0.289. The highest BCUT2D eigenvalue weighted by Gasteiger charge is 2.32. The molecule has 1 saturated carbocycles. The van der Waals surface area contributed by atoms with E-state index in [-0.39, 0.29) is 6.17 Å². The molecule has 1 aliphatic heterocycles. The molecular formula is C18H28F3N3. The van der Waals surface area contributed by atoms with E-state index in [9.17, 15) is 13.2 Å². The summed E-state index contributed by atoms with van der Waals surface area (Å²) < 4.78 is 37.2. The molecule has 0 bridgehead atoms. The second kappa shape index (κ2) is 8.32. The highest BCUT2D eigenvalue weighted by atomic mass is 19.4. The predicted octanol–water partition coefficient (Wildman–Crippen LogP) is 3.32. The van der Waals surface area contributed by atoms with E-state index < -0.39 is 11.7 Å². The Balaban J connectivity index is 1.86. The van der Waals surface area contributed by atoms with Crippen molar-refractivity contribution in [1.29, 1.82) is 0 Å². The van der Waals surface area contributed by atoms with Crippen LogP contribution in [0.2, 0.25) is 0 Å². The first-order chi connectivity index (χ1) is 11.3. The van der Waals surface area contributed by atoms with Crippen LogP contribution >= 0.6 is 0 Å². The fraction of sp³-hybridized carbons (Fsp3) is 0.667. The molecular weight excluding hydrogens is 315 g/mol. The number of alkyl halides is 3. The zero-order valence-electron chi connectivity index (χ0n) is 14.6. The number of nitrogens with one attached hydrogen (secondary N) is 1. The molecule has 2 aliphatic rings. The van der Waals surface area contributed by atoms with Gasteiger partial charge in [0.25, 0.3) is 0 Å². The fourth-order valence-corrected chi connectivity index (χ4v) is 3.18. The molecule has 1 heterocycles. The Labute approximate surface area is 142 Å². The normalized spacial score (nSPS) is 25.2. The van der Waals surface area contributed by atoms with Gasteiger partial charge in [0.05, 0.1) is 6.17 Å². The van der Waals surface area contributed by atoms with Crippen LogP contribution in [0.15, 0.2) is 36.0 Å². The van der Waals surface area contributed by atoms with Gasteiger partial charge in [-0.1, -0.05) is 36.8 Å². The maximum Gasteiger partial charge on any atom is 0.415 e. The number of rotatable bonds is 6. The van der Waals surface area contributed by atoms with Crippen LogP contribution in [0.25, 0.3) is 0 Å². The van der Waals surface area contributed by atoms with E-state index in [0.717, 1.165) is 43.9 Å². The number of piperazine rings is 1. The fourth-order valence-electron chi connectivity index (χ4n) is 3.18. The molecule has 0 aromatic heterocycles. The molecule has 0 aromatic carbocycles. The van der Waals surface area contributed by atoms with Crippen molar-refractivity contribution in [1.82, 2.24) is 15.1 Å². The van der Waals surface area contributed by atoms with E-state index >= 15 is 0 Å². The monoisotopic (exact) mass is 343 g/mol. The van der Waals surface area contributed by atoms with Gasteiger partial charge in [0.2, 0.25) is 0 Å². The zero-order chi connectivity index (χ0) is 17.7. The summed E-state index contributed by atoms with van der Waals surface area (Å²) in [6.45, 7) is 8.80. The van der Waals surface area contributed by atoms with Crippen LogP contribution in [-0.4, -0.2) is 61.4 Å².